The molecule has 1 aliphatic heterocycles. The van der Waals surface area contributed by atoms with Gasteiger partial charge in [-0.15, -0.1) is 0 Å². The largest absolute Gasteiger partial charge is 0.488 e. The first-order valence-electron chi connectivity index (χ1n) is 12.7. The first kappa shape index (κ1) is 28.8. The Kier molecular flexibility index (Phi) is 9.12. The molecule has 9 nitrogen and oxygen atoms in total. The molecule has 0 aliphatic carbocycles. The van der Waals surface area contributed by atoms with Gasteiger partial charge >= 0.3 is 0 Å². The fraction of sp³-hybridized carbons (Fsp3) is 0.357. The van der Waals surface area contributed by atoms with Crippen LogP contribution >= 0.6 is 11.6 Å². The molecule has 1 amide bonds. The second kappa shape index (κ2) is 12.3. The van der Waals surface area contributed by atoms with E-state index in [2.05, 4.69) is 14.6 Å². The van der Waals surface area contributed by atoms with Gasteiger partial charge in [-0.3, -0.25) is 19.4 Å². The number of pyridine rings is 1. The number of carbonyl (C=O) groups excluding carboxylic acids is 1. The first-order chi connectivity index (χ1) is 18.6. The van der Waals surface area contributed by atoms with Crippen LogP contribution in [0.2, 0.25) is 5.02 Å². The van der Waals surface area contributed by atoms with Crippen molar-refractivity contribution in [1.29, 1.82) is 0 Å². The third-order valence-corrected chi connectivity index (χ3v) is 8.38. The molecule has 1 aromatic heterocycles. The second-order valence-corrected chi connectivity index (χ2v) is 12.1. The molecule has 2 heterocycles. The summed E-state index contributed by atoms with van der Waals surface area (Å²) in [5.41, 5.74) is 1.56. The normalized spacial score (nSPS) is 18.6. The van der Waals surface area contributed by atoms with Crippen LogP contribution in [-0.4, -0.2) is 73.1 Å². The van der Waals surface area contributed by atoms with E-state index in [0.717, 1.165) is 5.56 Å². The number of rotatable bonds is 9. The summed E-state index contributed by atoms with van der Waals surface area (Å²) >= 11 is 5.90. The van der Waals surface area contributed by atoms with Gasteiger partial charge in [-0.1, -0.05) is 18.5 Å². The van der Waals surface area contributed by atoms with Crippen LogP contribution in [0.4, 0.5) is 5.69 Å². The van der Waals surface area contributed by atoms with E-state index in [9.17, 15) is 18.3 Å². The molecule has 4 rings (SSSR count). The smallest absolute Gasteiger partial charge is 0.261 e. The molecule has 0 saturated heterocycles. The van der Waals surface area contributed by atoms with Crippen LogP contribution < -0.4 is 9.46 Å². The topological polar surface area (TPSA) is 112 Å². The molecule has 0 spiro atoms. The molecule has 2 N–H and O–H groups in total. The number of nitrogens with zero attached hydrogens (tertiary/aromatic N) is 3. The minimum Gasteiger partial charge on any atom is -0.488 e. The Hall–Kier alpha value is -3.18. The number of likely N-dealkylation sites (N-methyl/N-ethyl adjacent to an activating group) is 1. The maximum absolute atomic E-state index is 13.7. The third kappa shape index (κ3) is 7.07. The number of aromatic nitrogens is 1. The molecule has 39 heavy (non-hydrogen) atoms. The van der Waals surface area contributed by atoms with Gasteiger partial charge < -0.3 is 14.7 Å². The van der Waals surface area contributed by atoms with Crippen LogP contribution in [0.3, 0.4) is 0 Å². The summed E-state index contributed by atoms with van der Waals surface area (Å²) in [6, 6.07) is 14.0. The number of ether oxygens (including phenoxy) is 1. The Morgan fingerprint density at radius 2 is 1.87 bits per heavy atom. The summed E-state index contributed by atoms with van der Waals surface area (Å²) < 4.78 is 34.8. The van der Waals surface area contributed by atoms with Crippen molar-refractivity contribution in [1.82, 2.24) is 14.8 Å². The maximum atomic E-state index is 13.7. The third-order valence-electron chi connectivity index (χ3n) is 6.73. The van der Waals surface area contributed by atoms with Crippen molar-refractivity contribution in [2.45, 2.75) is 37.4 Å². The lowest BCUT2D eigenvalue weighted by Gasteiger charge is -2.38. The molecule has 0 unspecified atom stereocenters. The number of hydrogen-bond donors (Lipinski definition) is 2. The summed E-state index contributed by atoms with van der Waals surface area (Å²) in [6.07, 6.45) is 3.24. The zero-order valence-corrected chi connectivity index (χ0v) is 23.7. The number of halogens is 1. The van der Waals surface area contributed by atoms with E-state index < -0.39 is 16.1 Å². The van der Waals surface area contributed by atoms with Gasteiger partial charge in [0.2, 0.25) is 0 Å². The molecule has 3 atom stereocenters. The van der Waals surface area contributed by atoms with Gasteiger partial charge in [0.15, 0.2) is 0 Å². The Labute approximate surface area is 234 Å². The zero-order chi connectivity index (χ0) is 28.2. The monoisotopic (exact) mass is 572 g/mol. The van der Waals surface area contributed by atoms with Crippen molar-refractivity contribution in [3.8, 4) is 5.75 Å². The number of aliphatic hydroxyl groups is 1. The van der Waals surface area contributed by atoms with Crippen molar-refractivity contribution in [3.63, 3.8) is 0 Å². The highest BCUT2D eigenvalue weighted by Crippen LogP contribution is 2.31. The number of aliphatic hydroxyl groups excluding tert-OH is 1. The van der Waals surface area contributed by atoms with Gasteiger partial charge in [0, 0.05) is 48.7 Å². The number of nitrogens with one attached hydrogen (secondary N) is 1. The minimum absolute atomic E-state index is 0.0425. The number of anilines is 1. The number of amides is 1. The predicted octanol–water partition coefficient (Wildman–Crippen LogP) is 3.89. The van der Waals surface area contributed by atoms with E-state index in [-0.39, 0.29) is 40.7 Å². The van der Waals surface area contributed by atoms with Crippen LogP contribution in [0.5, 0.6) is 5.75 Å². The SMILES string of the molecule is C[C@H]1CN([C@@H](C)CO)C(=O)c2cc(NS(=O)(=O)c3ccc(Cl)cc3)ccc2O[C@@H]1CN(C)Cc1ccncc1. The molecule has 11 heteroatoms. The minimum atomic E-state index is -3.92. The van der Waals surface area contributed by atoms with Crippen molar-refractivity contribution in [2.24, 2.45) is 5.92 Å². The summed E-state index contributed by atoms with van der Waals surface area (Å²) in [5, 5.41) is 10.3. The lowest BCUT2D eigenvalue weighted by Crippen LogP contribution is -2.49. The molecule has 208 valence electrons. The lowest BCUT2D eigenvalue weighted by atomic mass is 9.99. The van der Waals surface area contributed by atoms with Crippen LogP contribution in [0.15, 0.2) is 71.9 Å². The van der Waals surface area contributed by atoms with Crippen LogP contribution in [0, 0.1) is 5.92 Å². The van der Waals surface area contributed by atoms with E-state index in [4.69, 9.17) is 16.3 Å². The molecular formula is C28H33ClN4O5S. The number of fused-ring (bicyclic) bond motifs is 1. The van der Waals surface area contributed by atoms with Gasteiger partial charge in [-0.05, 0) is 74.1 Å². The van der Waals surface area contributed by atoms with Crippen molar-refractivity contribution in [3.05, 3.63) is 83.1 Å². The van der Waals surface area contributed by atoms with E-state index in [1.165, 1.54) is 30.3 Å². The quantitative estimate of drug-likeness (QED) is 0.400. The van der Waals surface area contributed by atoms with Gasteiger partial charge in [0.1, 0.15) is 11.9 Å². The molecule has 0 fully saturated rings. The van der Waals surface area contributed by atoms with Gasteiger partial charge in [-0.25, -0.2) is 8.42 Å². The average Bonchev–Trinajstić information content (AvgIpc) is 2.91. The summed E-state index contributed by atoms with van der Waals surface area (Å²) in [6.45, 7) is 5.25. The van der Waals surface area contributed by atoms with E-state index in [1.807, 2.05) is 26.1 Å². The van der Waals surface area contributed by atoms with Gasteiger partial charge in [0.05, 0.1) is 23.1 Å². The second-order valence-electron chi connectivity index (χ2n) is 9.95. The number of carbonyl (C=O) groups is 1. The average molecular weight is 573 g/mol. The van der Waals surface area contributed by atoms with E-state index in [0.29, 0.717) is 30.4 Å². The molecule has 0 radical (unpaired) electrons. The summed E-state index contributed by atoms with van der Waals surface area (Å²) in [4.78, 5) is 21.5. The highest BCUT2D eigenvalue weighted by molar-refractivity contribution is 7.92. The standard InChI is InChI=1S/C28H33ClN4O5S/c1-19-15-33(20(2)18-34)28(35)25-14-23(31-39(36,37)24-7-4-22(29)5-8-24)6-9-26(25)38-27(19)17-32(3)16-21-10-12-30-13-11-21/h4-14,19-20,27,31,34H,15-18H2,1-3H3/t19-,20-,27+/m0/s1. The lowest BCUT2D eigenvalue weighted by molar-refractivity contribution is 0.0341. The van der Waals surface area contributed by atoms with Crippen molar-refractivity contribution >= 4 is 33.2 Å². The van der Waals surface area contributed by atoms with Crippen LogP contribution in [0.1, 0.15) is 29.8 Å². The Morgan fingerprint density at radius 3 is 2.54 bits per heavy atom. The highest BCUT2D eigenvalue weighted by atomic mass is 35.5. The molecule has 0 saturated carbocycles. The van der Waals surface area contributed by atoms with Gasteiger partial charge in [0.25, 0.3) is 15.9 Å². The summed E-state index contributed by atoms with van der Waals surface area (Å²) in [7, 11) is -1.91. The maximum Gasteiger partial charge on any atom is 0.261 e. The molecule has 1 aliphatic rings. The Bertz CT molecular complexity index is 1390. The fourth-order valence-electron chi connectivity index (χ4n) is 4.50. The Balaban J connectivity index is 1.63. The number of sulfonamides is 1. The predicted molar refractivity (Wildman–Crippen MR) is 150 cm³/mol. The number of benzene rings is 2. The molecule has 2 aromatic carbocycles. The fourth-order valence-corrected chi connectivity index (χ4v) is 5.68. The van der Waals surface area contributed by atoms with Crippen molar-refractivity contribution in [2.75, 3.05) is 31.5 Å². The van der Waals surface area contributed by atoms with E-state index >= 15 is 0 Å². The van der Waals surface area contributed by atoms with Crippen LogP contribution in [0.25, 0.3) is 0 Å². The molecular weight excluding hydrogens is 540 g/mol. The van der Waals surface area contributed by atoms with Gasteiger partial charge in [-0.2, -0.15) is 0 Å². The summed E-state index contributed by atoms with van der Waals surface area (Å²) in [5.74, 6) is -0.0213. The van der Waals surface area contributed by atoms with Crippen LogP contribution in [-0.2, 0) is 16.6 Å². The highest BCUT2D eigenvalue weighted by Gasteiger charge is 2.33. The van der Waals surface area contributed by atoms with Crippen molar-refractivity contribution < 1.29 is 23.1 Å². The molecule has 0 bridgehead atoms. The Morgan fingerprint density at radius 1 is 1.18 bits per heavy atom. The molecule has 3 aromatic rings. The first-order valence-corrected chi connectivity index (χ1v) is 14.5. The number of hydrogen-bond acceptors (Lipinski definition) is 7. The van der Waals surface area contributed by atoms with E-state index in [1.54, 1.807) is 36.4 Å². The zero-order valence-electron chi connectivity index (χ0n) is 22.1.